The van der Waals surface area contributed by atoms with Crippen LogP contribution >= 0.6 is 0 Å². The Morgan fingerprint density at radius 2 is 1.77 bits per heavy atom. The van der Waals surface area contributed by atoms with Gasteiger partial charge >= 0.3 is 6.18 Å². The van der Waals surface area contributed by atoms with Crippen LogP contribution in [0.2, 0.25) is 0 Å². The Kier molecular flexibility index (Phi) is 5.49. The van der Waals surface area contributed by atoms with E-state index in [0.29, 0.717) is 11.3 Å². The first-order chi connectivity index (χ1) is 12.1. The molecule has 0 saturated heterocycles. The molecule has 9 heteroatoms. The molecule has 0 spiro atoms. The molecule has 2 rings (SSSR count). The van der Waals surface area contributed by atoms with Gasteiger partial charge in [0.05, 0.1) is 16.1 Å². The molecule has 0 saturated carbocycles. The highest BCUT2D eigenvalue weighted by Gasteiger charge is 2.30. The lowest BCUT2D eigenvalue weighted by Gasteiger charge is -2.18. The maximum Gasteiger partial charge on any atom is 0.416 e. The zero-order valence-corrected chi connectivity index (χ0v) is 13.9. The summed E-state index contributed by atoms with van der Waals surface area (Å²) >= 11 is 0. The predicted molar refractivity (Wildman–Crippen MR) is 90.0 cm³/mol. The lowest BCUT2D eigenvalue weighted by atomic mass is 10.0. The van der Waals surface area contributed by atoms with Crippen LogP contribution in [0, 0.1) is 10.1 Å². The second-order valence-electron chi connectivity index (χ2n) is 5.55. The molecule has 0 aliphatic carbocycles. The summed E-state index contributed by atoms with van der Waals surface area (Å²) in [6.07, 6.45) is -4.42. The Morgan fingerprint density at radius 3 is 2.27 bits per heavy atom. The summed E-state index contributed by atoms with van der Waals surface area (Å²) in [6.45, 7) is 1.71. The number of anilines is 1. The standard InChI is InChI=1S/C17H16F3N3O3/c1-10(11-3-5-12(6-4-11)17(18,19)20)22-15-8-7-13(23(25)26)9-14(15)16(24)21-2/h3-10,22H,1-2H3,(H,21,24). The molecule has 2 aromatic carbocycles. The average molecular weight is 367 g/mol. The van der Waals surface area contributed by atoms with Crippen molar-refractivity contribution in [2.45, 2.75) is 19.1 Å². The van der Waals surface area contributed by atoms with E-state index < -0.39 is 28.6 Å². The molecule has 2 N–H and O–H groups in total. The molecule has 138 valence electrons. The Balaban J connectivity index is 2.29. The molecule has 26 heavy (non-hydrogen) atoms. The molecule has 0 heterocycles. The van der Waals surface area contributed by atoms with Gasteiger partial charge in [-0.3, -0.25) is 14.9 Å². The smallest absolute Gasteiger partial charge is 0.378 e. The summed E-state index contributed by atoms with van der Waals surface area (Å²) in [5, 5.41) is 16.3. The SMILES string of the molecule is CNC(=O)c1cc([N+](=O)[O-])ccc1NC(C)c1ccc(C(F)(F)F)cc1. The first-order valence-electron chi connectivity index (χ1n) is 7.57. The maximum atomic E-state index is 12.6. The number of nitro groups is 1. The van der Waals surface area contributed by atoms with Gasteiger partial charge in [0.2, 0.25) is 0 Å². The van der Waals surface area contributed by atoms with Crippen molar-refractivity contribution < 1.29 is 22.9 Å². The van der Waals surface area contributed by atoms with Gasteiger partial charge in [0.15, 0.2) is 0 Å². The van der Waals surface area contributed by atoms with Gasteiger partial charge in [-0.05, 0) is 30.7 Å². The molecule has 1 atom stereocenters. The van der Waals surface area contributed by atoms with E-state index >= 15 is 0 Å². The zero-order valence-electron chi connectivity index (χ0n) is 13.9. The molecule has 0 fully saturated rings. The average Bonchev–Trinajstić information content (AvgIpc) is 2.60. The number of rotatable bonds is 5. The van der Waals surface area contributed by atoms with Crippen molar-refractivity contribution in [3.05, 3.63) is 69.3 Å². The number of nitro benzene ring substituents is 1. The van der Waals surface area contributed by atoms with Crippen molar-refractivity contribution in [3.8, 4) is 0 Å². The fourth-order valence-electron chi connectivity index (χ4n) is 2.37. The Hall–Kier alpha value is -3.10. The number of nitrogens with one attached hydrogen (secondary N) is 2. The summed E-state index contributed by atoms with van der Waals surface area (Å²) in [5.74, 6) is -0.518. The molecular weight excluding hydrogens is 351 g/mol. The van der Waals surface area contributed by atoms with Crippen molar-refractivity contribution in [2.24, 2.45) is 0 Å². The predicted octanol–water partition coefficient (Wildman–Crippen LogP) is 4.15. The Bertz CT molecular complexity index is 820. The number of benzene rings is 2. The maximum absolute atomic E-state index is 12.6. The van der Waals surface area contributed by atoms with Crippen LogP contribution in [0.4, 0.5) is 24.5 Å². The molecule has 6 nitrogen and oxygen atoms in total. The summed E-state index contributed by atoms with van der Waals surface area (Å²) < 4.78 is 37.9. The molecular formula is C17H16F3N3O3. The third-order valence-corrected chi connectivity index (χ3v) is 3.80. The van der Waals surface area contributed by atoms with Gasteiger partial charge in [0.25, 0.3) is 11.6 Å². The van der Waals surface area contributed by atoms with Crippen LogP contribution in [0.1, 0.15) is 34.5 Å². The molecule has 0 aliphatic rings. The minimum Gasteiger partial charge on any atom is -0.378 e. The summed E-state index contributed by atoms with van der Waals surface area (Å²) in [4.78, 5) is 22.3. The summed E-state index contributed by atoms with van der Waals surface area (Å²) in [5.41, 5.74) is -0.0202. The fourth-order valence-corrected chi connectivity index (χ4v) is 2.37. The number of hydrogen-bond acceptors (Lipinski definition) is 4. The molecule has 2 aromatic rings. The summed E-state index contributed by atoms with van der Waals surface area (Å²) in [7, 11) is 1.39. The minimum atomic E-state index is -4.42. The number of nitrogens with zero attached hydrogens (tertiary/aromatic N) is 1. The normalized spacial score (nSPS) is 12.3. The lowest BCUT2D eigenvalue weighted by molar-refractivity contribution is -0.384. The van der Waals surface area contributed by atoms with Gasteiger partial charge in [0, 0.05) is 30.9 Å². The van der Waals surface area contributed by atoms with Crippen molar-refractivity contribution in [2.75, 3.05) is 12.4 Å². The van der Waals surface area contributed by atoms with Gasteiger partial charge in [-0.2, -0.15) is 13.2 Å². The summed E-state index contributed by atoms with van der Waals surface area (Å²) in [6, 6.07) is 7.98. The van der Waals surface area contributed by atoms with Gasteiger partial charge in [-0.15, -0.1) is 0 Å². The van der Waals surface area contributed by atoms with Crippen molar-refractivity contribution in [1.82, 2.24) is 5.32 Å². The number of carbonyl (C=O) groups is 1. The van der Waals surface area contributed by atoms with Crippen molar-refractivity contribution in [1.29, 1.82) is 0 Å². The largest absolute Gasteiger partial charge is 0.416 e. The molecule has 0 aliphatic heterocycles. The first kappa shape index (κ1) is 19.2. The van der Waals surface area contributed by atoms with E-state index in [0.717, 1.165) is 18.2 Å². The van der Waals surface area contributed by atoms with E-state index in [2.05, 4.69) is 10.6 Å². The van der Waals surface area contributed by atoms with Crippen LogP contribution in [-0.4, -0.2) is 17.9 Å². The van der Waals surface area contributed by atoms with Crippen LogP contribution < -0.4 is 10.6 Å². The zero-order chi connectivity index (χ0) is 19.5. The van der Waals surface area contributed by atoms with E-state index in [1.165, 1.54) is 31.3 Å². The Morgan fingerprint density at radius 1 is 1.15 bits per heavy atom. The minimum absolute atomic E-state index is 0.0699. The molecule has 1 amide bonds. The first-order valence-corrected chi connectivity index (χ1v) is 7.57. The highest BCUT2D eigenvalue weighted by Crippen LogP contribution is 2.31. The van der Waals surface area contributed by atoms with E-state index in [1.807, 2.05) is 0 Å². The van der Waals surface area contributed by atoms with E-state index in [1.54, 1.807) is 6.92 Å². The van der Waals surface area contributed by atoms with Crippen molar-refractivity contribution >= 4 is 17.3 Å². The number of amides is 1. The quantitative estimate of drug-likeness (QED) is 0.614. The number of hydrogen-bond donors (Lipinski definition) is 2. The fraction of sp³-hybridized carbons (Fsp3) is 0.235. The number of non-ortho nitro benzene ring substituents is 1. The van der Waals surface area contributed by atoms with E-state index in [9.17, 15) is 28.1 Å². The van der Waals surface area contributed by atoms with Gasteiger partial charge in [-0.25, -0.2) is 0 Å². The van der Waals surface area contributed by atoms with E-state index in [4.69, 9.17) is 0 Å². The van der Waals surface area contributed by atoms with Gasteiger partial charge < -0.3 is 10.6 Å². The number of alkyl halides is 3. The van der Waals surface area contributed by atoms with Crippen LogP contribution in [-0.2, 0) is 6.18 Å². The van der Waals surface area contributed by atoms with E-state index in [-0.39, 0.29) is 11.3 Å². The van der Waals surface area contributed by atoms with Crippen LogP contribution in [0.15, 0.2) is 42.5 Å². The monoisotopic (exact) mass is 367 g/mol. The molecule has 0 aromatic heterocycles. The topological polar surface area (TPSA) is 84.3 Å². The van der Waals surface area contributed by atoms with Crippen molar-refractivity contribution in [3.63, 3.8) is 0 Å². The third-order valence-electron chi connectivity index (χ3n) is 3.80. The molecule has 0 bridgehead atoms. The van der Waals surface area contributed by atoms with Crippen LogP contribution in [0.5, 0.6) is 0 Å². The molecule has 1 unspecified atom stereocenters. The number of halogens is 3. The highest BCUT2D eigenvalue weighted by atomic mass is 19.4. The second-order valence-corrected chi connectivity index (χ2v) is 5.55. The molecule has 0 radical (unpaired) electrons. The number of carbonyl (C=O) groups excluding carboxylic acids is 1. The van der Waals surface area contributed by atoms with Crippen LogP contribution in [0.3, 0.4) is 0 Å². The van der Waals surface area contributed by atoms with Crippen LogP contribution in [0.25, 0.3) is 0 Å². The third kappa shape index (κ3) is 4.29. The highest BCUT2D eigenvalue weighted by molar-refractivity contribution is 6.00. The lowest BCUT2D eigenvalue weighted by Crippen LogP contribution is -2.20. The Labute approximate surface area is 147 Å². The van der Waals surface area contributed by atoms with Gasteiger partial charge in [0.1, 0.15) is 0 Å². The second kappa shape index (κ2) is 7.42. The van der Waals surface area contributed by atoms with Gasteiger partial charge in [-0.1, -0.05) is 12.1 Å².